The minimum Gasteiger partial charge on any atom is -0.353 e. The summed E-state index contributed by atoms with van der Waals surface area (Å²) in [6.45, 7) is 0.561. The van der Waals surface area contributed by atoms with E-state index in [4.69, 9.17) is 0 Å². The first-order valence-electron chi connectivity index (χ1n) is 7.82. The minimum absolute atomic E-state index is 0.0757. The van der Waals surface area contributed by atoms with Crippen molar-refractivity contribution in [3.05, 3.63) is 48.3 Å². The number of nitrogens with one attached hydrogen (secondary N) is 2. The van der Waals surface area contributed by atoms with Gasteiger partial charge in [0.05, 0.1) is 23.4 Å². The molecule has 1 aromatic carbocycles. The third kappa shape index (κ3) is 4.14. The van der Waals surface area contributed by atoms with Crippen LogP contribution < -0.4 is 10.6 Å². The highest BCUT2D eigenvalue weighted by Gasteiger charge is 2.28. The predicted octanol–water partition coefficient (Wildman–Crippen LogP) is 0.724. The largest absolute Gasteiger partial charge is 0.353 e. The maximum atomic E-state index is 11.5. The summed E-state index contributed by atoms with van der Waals surface area (Å²) < 4.78 is 24.8. The van der Waals surface area contributed by atoms with Gasteiger partial charge in [-0.2, -0.15) is 5.10 Å². The SMILES string of the molecule is CN=C(NCc1cnn(-c2ccccc2)c1)NC1CCS(=O)(=O)C1. The molecule has 0 radical (unpaired) electrons. The van der Waals surface area contributed by atoms with Crippen LogP contribution in [0, 0.1) is 0 Å². The minimum atomic E-state index is -2.90. The van der Waals surface area contributed by atoms with Crippen LogP contribution in [0.5, 0.6) is 0 Å². The van der Waals surface area contributed by atoms with Crippen molar-refractivity contribution in [2.75, 3.05) is 18.6 Å². The van der Waals surface area contributed by atoms with E-state index in [-0.39, 0.29) is 17.5 Å². The Labute approximate surface area is 141 Å². The summed E-state index contributed by atoms with van der Waals surface area (Å²) in [5.41, 5.74) is 2.02. The Bertz CT molecular complexity index is 814. The van der Waals surface area contributed by atoms with E-state index in [2.05, 4.69) is 20.7 Å². The molecular weight excluding hydrogens is 326 g/mol. The molecule has 1 aliphatic rings. The number of aromatic nitrogens is 2. The van der Waals surface area contributed by atoms with Gasteiger partial charge in [0.25, 0.3) is 0 Å². The quantitative estimate of drug-likeness (QED) is 0.629. The van der Waals surface area contributed by atoms with Crippen molar-refractivity contribution in [3.8, 4) is 5.69 Å². The van der Waals surface area contributed by atoms with Crippen LogP contribution in [-0.4, -0.2) is 48.8 Å². The second-order valence-corrected chi connectivity index (χ2v) is 8.03. The van der Waals surface area contributed by atoms with E-state index in [1.807, 2.05) is 41.2 Å². The molecule has 0 spiro atoms. The fourth-order valence-electron chi connectivity index (χ4n) is 2.66. The van der Waals surface area contributed by atoms with Crippen molar-refractivity contribution in [2.24, 2.45) is 4.99 Å². The van der Waals surface area contributed by atoms with E-state index in [0.717, 1.165) is 11.3 Å². The van der Waals surface area contributed by atoms with E-state index in [1.165, 1.54) is 0 Å². The Morgan fingerprint density at radius 2 is 2.17 bits per heavy atom. The van der Waals surface area contributed by atoms with E-state index in [0.29, 0.717) is 18.9 Å². The first-order valence-corrected chi connectivity index (χ1v) is 9.64. The van der Waals surface area contributed by atoms with E-state index in [9.17, 15) is 8.42 Å². The van der Waals surface area contributed by atoms with Crippen molar-refractivity contribution < 1.29 is 8.42 Å². The first-order chi connectivity index (χ1) is 11.6. The van der Waals surface area contributed by atoms with Crippen molar-refractivity contribution in [2.45, 2.75) is 19.0 Å². The molecular formula is C16H21N5O2S. The smallest absolute Gasteiger partial charge is 0.191 e. The number of para-hydroxylation sites is 1. The fourth-order valence-corrected chi connectivity index (χ4v) is 4.33. The van der Waals surface area contributed by atoms with Gasteiger partial charge in [-0.25, -0.2) is 13.1 Å². The monoisotopic (exact) mass is 347 g/mol. The second kappa shape index (κ2) is 7.04. The normalized spacial score (nSPS) is 20.0. The van der Waals surface area contributed by atoms with Gasteiger partial charge in [-0.15, -0.1) is 0 Å². The molecule has 1 aliphatic heterocycles. The Balaban J connectivity index is 1.56. The van der Waals surface area contributed by atoms with Gasteiger partial charge >= 0.3 is 0 Å². The van der Waals surface area contributed by atoms with E-state index < -0.39 is 9.84 Å². The zero-order valence-electron chi connectivity index (χ0n) is 13.5. The molecule has 1 fully saturated rings. The van der Waals surface area contributed by atoms with Crippen LogP contribution in [0.3, 0.4) is 0 Å². The van der Waals surface area contributed by atoms with Gasteiger partial charge in [-0.05, 0) is 18.6 Å². The van der Waals surface area contributed by atoms with Gasteiger partial charge in [-0.3, -0.25) is 4.99 Å². The highest BCUT2D eigenvalue weighted by Crippen LogP contribution is 2.11. The third-order valence-corrected chi connectivity index (χ3v) is 5.68. The molecule has 0 saturated carbocycles. The summed E-state index contributed by atoms with van der Waals surface area (Å²) in [6.07, 6.45) is 4.37. The van der Waals surface area contributed by atoms with Crippen molar-refractivity contribution in [3.63, 3.8) is 0 Å². The highest BCUT2D eigenvalue weighted by molar-refractivity contribution is 7.91. The molecule has 3 rings (SSSR count). The molecule has 8 heteroatoms. The number of guanidine groups is 1. The second-order valence-electron chi connectivity index (χ2n) is 5.80. The summed E-state index contributed by atoms with van der Waals surface area (Å²) in [6, 6.07) is 9.81. The molecule has 128 valence electrons. The van der Waals surface area contributed by atoms with Crippen LogP contribution >= 0.6 is 0 Å². The number of nitrogens with zero attached hydrogens (tertiary/aromatic N) is 3. The van der Waals surface area contributed by atoms with Crippen molar-refractivity contribution >= 4 is 15.8 Å². The molecule has 1 atom stereocenters. The van der Waals surface area contributed by atoms with Gasteiger partial charge in [0.2, 0.25) is 0 Å². The Morgan fingerprint density at radius 3 is 2.83 bits per heavy atom. The van der Waals surface area contributed by atoms with Gasteiger partial charge in [-0.1, -0.05) is 18.2 Å². The number of hydrogen-bond donors (Lipinski definition) is 2. The lowest BCUT2D eigenvalue weighted by Crippen LogP contribution is -2.43. The maximum absolute atomic E-state index is 11.5. The summed E-state index contributed by atoms with van der Waals surface area (Å²) in [5, 5.41) is 10.7. The molecule has 2 N–H and O–H groups in total. The predicted molar refractivity (Wildman–Crippen MR) is 94.0 cm³/mol. The standard InChI is InChI=1S/C16H21N5O2S/c1-17-16(20-14-7-8-24(22,23)12-14)18-9-13-10-19-21(11-13)15-5-3-2-4-6-15/h2-6,10-11,14H,7-9,12H2,1H3,(H2,17,18,20). The summed E-state index contributed by atoms with van der Waals surface area (Å²) >= 11 is 0. The summed E-state index contributed by atoms with van der Waals surface area (Å²) in [5.74, 6) is 1.01. The summed E-state index contributed by atoms with van der Waals surface area (Å²) in [7, 11) is -1.23. The third-order valence-electron chi connectivity index (χ3n) is 3.91. The highest BCUT2D eigenvalue weighted by atomic mass is 32.2. The fraction of sp³-hybridized carbons (Fsp3) is 0.375. The molecule has 1 aromatic heterocycles. The average molecular weight is 347 g/mol. The molecule has 2 aromatic rings. The van der Waals surface area contributed by atoms with Crippen LogP contribution in [0.25, 0.3) is 5.69 Å². The zero-order chi connectivity index (χ0) is 17.0. The van der Waals surface area contributed by atoms with Gasteiger partial charge < -0.3 is 10.6 Å². The van der Waals surface area contributed by atoms with Crippen molar-refractivity contribution in [1.82, 2.24) is 20.4 Å². The lowest BCUT2D eigenvalue weighted by Gasteiger charge is -2.15. The van der Waals surface area contributed by atoms with Crippen LogP contribution in [0.15, 0.2) is 47.7 Å². The number of aliphatic imine (C=N–C) groups is 1. The van der Waals surface area contributed by atoms with E-state index in [1.54, 1.807) is 13.2 Å². The molecule has 24 heavy (non-hydrogen) atoms. The Hall–Kier alpha value is -2.35. The van der Waals surface area contributed by atoms with Crippen LogP contribution in [0.4, 0.5) is 0 Å². The molecule has 0 aliphatic carbocycles. The van der Waals surface area contributed by atoms with Crippen LogP contribution in [0.1, 0.15) is 12.0 Å². The Morgan fingerprint density at radius 1 is 1.38 bits per heavy atom. The molecule has 2 heterocycles. The lowest BCUT2D eigenvalue weighted by atomic mass is 10.3. The van der Waals surface area contributed by atoms with Gasteiger partial charge in [0.15, 0.2) is 15.8 Å². The van der Waals surface area contributed by atoms with Gasteiger partial charge in [0.1, 0.15) is 0 Å². The van der Waals surface area contributed by atoms with Gasteiger partial charge in [0, 0.05) is 31.4 Å². The lowest BCUT2D eigenvalue weighted by molar-refractivity contribution is 0.599. The number of benzene rings is 1. The molecule has 1 saturated heterocycles. The first kappa shape index (κ1) is 16.5. The van der Waals surface area contributed by atoms with Crippen molar-refractivity contribution in [1.29, 1.82) is 0 Å². The average Bonchev–Trinajstić information content (AvgIpc) is 3.18. The zero-order valence-corrected chi connectivity index (χ0v) is 14.3. The number of sulfone groups is 1. The molecule has 1 unspecified atom stereocenters. The summed E-state index contributed by atoms with van der Waals surface area (Å²) in [4.78, 5) is 4.15. The topological polar surface area (TPSA) is 88.4 Å². The molecule has 7 nitrogen and oxygen atoms in total. The molecule has 0 bridgehead atoms. The Kier molecular flexibility index (Phi) is 4.84. The van der Waals surface area contributed by atoms with E-state index >= 15 is 0 Å². The van der Waals surface area contributed by atoms with Crippen LogP contribution in [-0.2, 0) is 16.4 Å². The maximum Gasteiger partial charge on any atom is 0.191 e. The number of hydrogen-bond acceptors (Lipinski definition) is 4. The number of rotatable bonds is 4. The molecule has 0 amide bonds. The van der Waals surface area contributed by atoms with Crippen LogP contribution in [0.2, 0.25) is 0 Å².